The third-order valence-corrected chi connectivity index (χ3v) is 1.26. The summed E-state index contributed by atoms with van der Waals surface area (Å²) in [7, 11) is 0. The summed E-state index contributed by atoms with van der Waals surface area (Å²) in [6, 6.07) is 0. The van der Waals surface area contributed by atoms with Crippen LogP contribution in [-0.4, -0.2) is 11.1 Å². The second-order valence-corrected chi connectivity index (χ2v) is 2.14. The van der Waals surface area contributed by atoms with Crippen LogP contribution < -0.4 is 0 Å². The molecule has 0 aromatic rings. The summed E-state index contributed by atoms with van der Waals surface area (Å²) in [5.74, 6) is -3.05. The molecule has 10 heavy (non-hydrogen) atoms. The number of carboxylic acid groups (broad SMARTS) is 1. The molecule has 0 saturated carbocycles. The Morgan fingerprint density at radius 3 is 2.70 bits per heavy atom. The molecule has 0 spiro atoms. The van der Waals surface area contributed by atoms with Gasteiger partial charge in [-0.2, -0.15) is 0 Å². The molecule has 1 atom stereocenters. The fourth-order valence-electron chi connectivity index (χ4n) is 0.781. The monoisotopic (exact) mass is 147 g/mol. The highest BCUT2D eigenvalue weighted by atomic mass is 16.4. The van der Waals surface area contributed by atoms with Gasteiger partial charge in [0, 0.05) is 10.5 Å². The lowest BCUT2D eigenvalue weighted by molar-refractivity contribution is -0.138. The van der Waals surface area contributed by atoms with E-state index in [-0.39, 0.29) is 12.8 Å². The van der Waals surface area contributed by atoms with Crippen LogP contribution in [0.5, 0.6) is 0 Å². The first-order valence-corrected chi connectivity index (χ1v) is 3.55. The normalized spacial score (nSPS) is 22.0. The number of aliphatic carboxylic acids is 1. The van der Waals surface area contributed by atoms with E-state index in [2.05, 4.69) is 0 Å². The summed E-state index contributed by atoms with van der Waals surface area (Å²) in [6.45, 7) is 3.46. The van der Waals surface area contributed by atoms with Crippen molar-refractivity contribution < 1.29 is 14.0 Å². The average molecular weight is 147 g/mol. The van der Waals surface area contributed by atoms with Crippen LogP contribution >= 0.6 is 0 Å². The molecule has 0 saturated heterocycles. The van der Waals surface area contributed by atoms with Crippen LogP contribution in [0.3, 0.4) is 0 Å². The Bertz CT molecular complexity index is 194. The molecule has 0 fully saturated rings. The van der Waals surface area contributed by atoms with E-state index >= 15 is 0 Å². The van der Waals surface area contributed by atoms with Gasteiger partial charge in [0.05, 0.1) is 0 Å². The Hall–Kier alpha value is -0.530. The van der Waals surface area contributed by atoms with E-state index in [9.17, 15) is 4.79 Å². The van der Waals surface area contributed by atoms with Gasteiger partial charge in [0.25, 0.3) is 0 Å². The van der Waals surface area contributed by atoms with Crippen LogP contribution in [0.25, 0.3) is 0 Å². The molecule has 0 bridgehead atoms. The van der Waals surface area contributed by atoms with E-state index in [1.807, 2.05) is 6.92 Å². The van der Waals surface area contributed by atoms with Gasteiger partial charge in [0.2, 0.25) is 0 Å². The molecule has 0 radical (unpaired) electrons. The number of rotatable bonds is 5. The van der Waals surface area contributed by atoms with Crippen molar-refractivity contribution in [3.8, 4) is 0 Å². The van der Waals surface area contributed by atoms with Crippen LogP contribution in [0.1, 0.15) is 43.6 Å². The zero-order chi connectivity index (χ0) is 10.7. The first-order valence-electron chi connectivity index (χ1n) is 5.05. The second-order valence-electron chi connectivity index (χ2n) is 2.14. The van der Waals surface area contributed by atoms with E-state index in [0.29, 0.717) is 6.42 Å². The Morgan fingerprint density at radius 2 is 2.40 bits per heavy atom. The molecule has 0 aliphatic rings. The van der Waals surface area contributed by atoms with Gasteiger partial charge in [-0.25, -0.2) is 0 Å². The third-order valence-electron chi connectivity index (χ3n) is 1.26. The van der Waals surface area contributed by atoms with Gasteiger partial charge in [0.1, 0.15) is 0 Å². The molecule has 0 aromatic carbocycles. The van der Waals surface area contributed by atoms with Crippen molar-refractivity contribution >= 4 is 5.97 Å². The molecule has 1 N–H and O–H groups in total. The molecule has 0 heterocycles. The lowest BCUT2D eigenvalue weighted by Gasteiger charge is -2.08. The Balaban J connectivity index is 4.82. The third kappa shape index (κ3) is 4.36. The highest BCUT2D eigenvalue weighted by Gasteiger charge is 2.08. The Morgan fingerprint density at radius 1 is 1.80 bits per heavy atom. The first-order chi connectivity index (χ1) is 5.81. The van der Waals surface area contributed by atoms with Gasteiger partial charge in [-0.05, 0) is 5.89 Å². The van der Waals surface area contributed by atoms with Crippen LogP contribution in [0.4, 0.5) is 0 Å². The smallest absolute Gasteiger partial charge is 0.303 e. The minimum absolute atomic E-state index is 0.208. The second kappa shape index (κ2) is 5.27. The van der Waals surface area contributed by atoms with E-state index in [1.165, 1.54) is 0 Å². The van der Waals surface area contributed by atoms with Crippen molar-refractivity contribution in [3.63, 3.8) is 0 Å². The van der Waals surface area contributed by atoms with Crippen molar-refractivity contribution in [2.24, 2.45) is 5.89 Å². The number of carbonyl (C=O) groups is 1. The summed E-state index contributed by atoms with van der Waals surface area (Å²) in [4.78, 5) is 10.6. The number of hydrogen-bond donors (Lipinski definition) is 1. The molecule has 0 aliphatic heterocycles. The summed E-state index contributed by atoms with van der Waals surface area (Å²) >= 11 is 0. The predicted molar refractivity (Wildman–Crippen MR) is 40.9 cm³/mol. The van der Waals surface area contributed by atoms with Gasteiger partial charge in [-0.15, -0.1) is 0 Å². The van der Waals surface area contributed by atoms with Gasteiger partial charge in [-0.3, -0.25) is 4.79 Å². The lowest BCUT2D eigenvalue weighted by Crippen LogP contribution is -2.06. The summed E-state index contributed by atoms with van der Waals surface area (Å²) in [6.07, 6.45) is -1.37. The van der Waals surface area contributed by atoms with Crippen molar-refractivity contribution in [2.45, 2.75) is 39.5 Å². The summed E-state index contributed by atoms with van der Waals surface area (Å²) in [5.41, 5.74) is 0. The zero-order valence-electron chi connectivity index (χ0n) is 9.48. The topological polar surface area (TPSA) is 37.3 Å². The van der Waals surface area contributed by atoms with Crippen LogP contribution in [0.15, 0.2) is 0 Å². The first kappa shape index (κ1) is 5.16. The molecule has 2 heteroatoms. The maximum Gasteiger partial charge on any atom is 0.303 e. The van der Waals surface area contributed by atoms with Gasteiger partial charge in [-0.1, -0.05) is 33.1 Å². The molecule has 1 unspecified atom stereocenters. The minimum atomic E-state index is -2.46. The molecule has 60 valence electrons. The van der Waals surface area contributed by atoms with Gasteiger partial charge < -0.3 is 5.11 Å². The molecule has 0 rings (SSSR count). The highest BCUT2D eigenvalue weighted by molar-refractivity contribution is 5.66. The van der Waals surface area contributed by atoms with Crippen molar-refractivity contribution in [2.75, 3.05) is 0 Å². The van der Waals surface area contributed by atoms with Crippen molar-refractivity contribution in [3.05, 3.63) is 0 Å². The van der Waals surface area contributed by atoms with Gasteiger partial charge >= 0.3 is 5.97 Å². The number of hydrogen-bond acceptors (Lipinski definition) is 1. The lowest BCUT2D eigenvalue weighted by atomic mass is 9.97. The molecule has 0 amide bonds. The van der Waals surface area contributed by atoms with E-state index in [1.54, 1.807) is 6.92 Å². The minimum Gasteiger partial charge on any atom is -0.481 e. The van der Waals surface area contributed by atoms with Crippen LogP contribution in [0, 0.1) is 5.89 Å². The fourth-order valence-corrected chi connectivity index (χ4v) is 0.781. The SMILES string of the molecule is [2H]C(CC)(CCC)C([2H])([2H])C(=O)O. The fraction of sp³-hybridized carbons (Fsp3) is 0.875. The highest BCUT2D eigenvalue weighted by Crippen LogP contribution is 2.14. The summed E-state index contributed by atoms with van der Waals surface area (Å²) < 4.78 is 22.4. The van der Waals surface area contributed by atoms with E-state index < -0.39 is 18.2 Å². The molecule has 0 aromatic heterocycles. The molecule has 2 nitrogen and oxygen atoms in total. The zero-order valence-corrected chi connectivity index (χ0v) is 6.48. The summed E-state index contributed by atoms with van der Waals surface area (Å²) in [5, 5.41) is 8.64. The van der Waals surface area contributed by atoms with Gasteiger partial charge in [0.15, 0.2) is 0 Å². The van der Waals surface area contributed by atoms with E-state index in [4.69, 9.17) is 9.22 Å². The molecular weight excluding hydrogens is 128 g/mol. The standard InChI is InChI=1S/C8H16O2/c1-3-5-7(4-2)6-8(9)10/h7H,3-6H2,1-2H3,(H,9,10)/i6D2,7D. The molecular formula is C8H16O2. The van der Waals surface area contributed by atoms with Crippen molar-refractivity contribution in [1.29, 1.82) is 0 Å². The maximum absolute atomic E-state index is 10.6. The van der Waals surface area contributed by atoms with E-state index in [0.717, 1.165) is 0 Å². The molecule has 0 aliphatic carbocycles. The maximum atomic E-state index is 10.6. The Kier molecular flexibility index (Phi) is 2.72. The predicted octanol–water partition coefficient (Wildman–Crippen LogP) is 2.29. The Labute approximate surface area is 66.5 Å². The quantitative estimate of drug-likeness (QED) is 0.647. The van der Waals surface area contributed by atoms with Crippen molar-refractivity contribution in [1.82, 2.24) is 0 Å². The van der Waals surface area contributed by atoms with Crippen LogP contribution in [0.2, 0.25) is 0 Å². The van der Waals surface area contributed by atoms with Crippen LogP contribution in [-0.2, 0) is 4.79 Å². The number of carboxylic acids is 1. The average Bonchev–Trinajstić information content (AvgIpc) is 2.04. The largest absolute Gasteiger partial charge is 0.481 e.